The van der Waals surface area contributed by atoms with Gasteiger partial charge in [-0.05, 0) is 44.9 Å². The zero-order chi connectivity index (χ0) is 46.5. The lowest BCUT2D eigenvalue weighted by atomic mass is 10.0. The molecule has 64 heavy (non-hydrogen) atoms. The predicted octanol–water partition coefficient (Wildman–Crippen LogP) is 18.1. The fourth-order valence-corrected chi connectivity index (χ4v) is 9.24. The van der Waals surface area contributed by atoms with E-state index in [-0.39, 0.29) is 6.61 Å². The Morgan fingerprint density at radius 1 is 0.375 bits per heavy atom. The quantitative estimate of drug-likeness (QED) is 0.0362. The fraction of sp³-hybridized carbons (Fsp3) is 0.915. The van der Waals surface area contributed by atoms with Gasteiger partial charge in [-0.2, -0.15) is 0 Å². The van der Waals surface area contributed by atoms with Gasteiger partial charge in [0.2, 0.25) is 5.91 Å². The van der Waals surface area contributed by atoms with Crippen molar-refractivity contribution in [2.75, 3.05) is 6.61 Å². The molecule has 0 aliphatic rings. The van der Waals surface area contributed by atoms with Crippen LogP contribution in [0.15, 0.2) is 24.3 Å². The molecule has 1 amide bonds. The van der Waals surface area contributed by atoms with Crippen molar-refractivity contribution in [3.63, 3.8) is 0 Å². The molecule has 0 fully saturated rings. The topological polar surface area (TPSA) is 89.8 Å². The monoisotopic (exact) mass is 902 g/mol. The van der Waals surface area contributed by atoms with Crippen LogP contribution in [0.3, 0.4) is 0 Å². The maximum absolute atomic E-state index is 12.5. The molecule has 0 rings (SSSR count). The Kier molecular flexibility index (Phi) is 53.4. The summed E-state index contributed by atoms with van der Waals surface area (Å²) in [5.74, 6) is -0.500. The molecule has 0 bridgehead atoms. The normalized spacial score (nSPS) is 13.4. The Bertz CT molecular complexity index is 951. The first-order valence-electron chi connectivity index (χ1n) is 29.2. The van der Waals surface area contributed by atoms with E-state index in [1.165, 1.54) is 270 Å². The lowest BCUT2D eigenvalue weighted by Crippen LogP contribution is -2.48. The number of amides is 1. The molecule has 0 spiro atoms. The van der Waals surface area contributed by atoms with Crippen LogP contribution in [0.5, 0.6) is 0 Å². The lowest BCUT2D eigenvalue weighted by Gasteiger charge is -2.21. The maximum Gasteiger partial charge on any atom is 0.249 e. The molecule has 0 saturated heterocycles. The summed E-state index contributed by atoms with van der Waals surface area (Å²) in [4.78, 5) is 12.5. The van der Waals surface area contributed by atoms with Gasteiger partial charge in [-0.3, -0.25) is 4.79 Å². The van der Waals surface area contributed by atoms with Gasteiger partial charge in [0.25, 0.3) is 0 Å². The van der Waals surface area contributed by atoms with E-state index in [1.807, 2.05) is 6.08 Å². The van der Waals surface area contributed by atoms with Crippen LogP contribution in [0.4, 0.5) is 0 Å². The molecular formula is C59H115NO4. The van der Waals surface area contributed by atoms with Crippen molar-refractivity contribution in [2.24, 2.45) is 0 Å². The van der Waals surface area contributed by atoms with E-state index in [0.717, 1.165) is 32.1 Å². The number of carbonyl (C=O) groups excluding carboxylic acids is 1. The summed E-state index contributed by atoms with van der Waals surface area (Å²) in [6, 6.07) is -0.795. The number of rotatable bonds is 54. The van der Waals surface area contributed by atoms with Gasteiger partial charge in [0, 0.05) is 0 Å². The Labute approximate surface area is 401 Å². The Morgan fingerprint density at radius 2 is 0.625 bits per heavy atom. The molecule has 3 atom stereocenters. The number of hydrogen-bond donors (Lipinski definition) is 4. The van der Waals surface area contributed by atoms with Crippen LogP contribution in [-0.4, -0.2) is 46.1 Å². The molecule has 0 aromatic carbocycles. The van der Waals surface area contributed by atoms with E-state index >= 15 is 0 Å². The second-order valence-electron chi connectivity index (χ2n) is 20.2. The molecule has 0 aromatic heterocycles. The van der Waals surface area contributed by atoms with Gasteiger partial charge < -0.3 is 20.6 Å². The second kappa shape index (κ2) is 54.4. The predicted molar refractivity (Wildman–Crippen MR) is 282 cm³/mol. The summed E-state index contributed by atoms with van der Waals surface area (Å²) in [5, 5.41) is 33.2. The smallest absolute Gasteiger partial charge is 0.249 e. The number of aliphatic hydroxyl groups is 3. The average molecular weight is 903 g/mol. The van der Waals surface area contributed by atoms with E-state index in [0.29, 0.717) is 6.42 Å². The van der Waals surface area contributed by atoms with Crippen LogP contribution >= 0.6 is 0 Å². The summed E-state index contributed by atoms with van der Waals surface area (Å²) in [6.45, 7) is 4.20. The first kappa shape index (κ1) is 62.8. The van der Waals surface area contributed by atoms with E-state index in [9.17, 15) is 20.1 Å². The first-order valence-corrected chi connectivity index (χ1v) is 29.2. The minimum Gasteiger partial charge on any atom is -0.394 e. The average Bonchev–Trinajstić information content (AvgIpc) is 3.30. The number of carbonyl (C=O) groups is 1. The molecule has 4 N–H and O–H groups in total. The maximum atomic E-state index is 12.5. The van der Waals surface area contributed by atoms with Gasteiger partial charge in [-0.25, -0.2) is 0 Å². The van der Waals surface area contributed by atoms with E-state index in [4.69, 9.17) is 0 Å². The third-order valence-electron chi connectivity index (χ3n) is 13.8. The van der Waals surface area contributed by atoms with E-state index in [1.54, 1.807) is 6.08 Å². The fourth-order valence-electron chi connectivity index (χ4n) is 9.24. The molecule has 380 valence electrons. The highest BCUT2D eigenvalue weighted by Crippen LogP contribution is 2.18. The molecule has 3 unspecified atom stereocenters. The molecule has 0 radical (unpaired) electrons. The Balaban J connectivity index is 3.43. The van der Waals surface area contributed by atoms with Gasteiger partial charge in [-0.15, -0.1) is 0 Å². The van der Waals surface area contributed by atoms with Crippen molar-refractivity contribution in [2.45, 2.75) is 340 Å². The number of hydrogen-bond acceptors (Lipinski definition) is 4. The van der Waals surface area contributed by atoms with Gasteiger partial charge in [-0.1, -0.05) is 301 Å². The van der Waals surface area contributed by atoms with Crippen molar-refractivity contribution in [3.8, 4) is 0 Å². The van der Waals surface area contributed by atoms with Crippen LogP contribution in [0.2, 0.25) is 0 Å². The highest BCUT2D eigenvalue weighted by atomic mass is 16.3. The van der Waals surface area contributed by atoms with Gasteiger partial charge in [0.05, 0.1) is 18.8 Å². The third-order valence-corrected chi connectivity index (χ3v) is 13.8. The summed E-state index contributed by atoms with van der Waals surface area (Å²) in [7, 11) is 0. The summed E-state index contributed by atoms with van der Waals surface area (Å²) in [5.41, 5.74) is 0. The van der Waals surface area contributed by atoms with Crippen molar-refractivity contribution in [3.05, 3.63) is 24.3 Å². The van der Waals surface area contributed by atoms with Gasteiger partial charge in [0.15, 0.2) is 0 Å². The van der Waals surface area contributed by atoms with Crippen LogP contribution < -0.4 is 5.32 Å². The first-order chi connectivity index (χ1) is 31.6. The number of nitrogens with one attached hydrogen (secondary N) is 1. The standard InChI is InChI=1S/C59H115NO4/c1-3-5-7-9-11-13-15-17-18-19-20-21-22-23-24-25-26-27-28-29-30-31-32-33-34-35-36-37-38-39-40-41-42-44-46-48-50-52-54-58(63)59(64)60-56(55-61)57(62)53-51-49-47-45-43-16-14-12-10-8-6-4-2/h29-30,51,53,56-58,61-63H,3-28,31-50,52,54-55H2,1-2H3,(H,60,64)/b30-29-,53-51+. The molecule has 5 nitrogen and oxygen atoms in total. The molecule has 0 aliphatic carbocycles. The van der Waals surface area contributed by atoms with E-state index < -0.39 is 24.2 Å². The summed E-state index contributed by atoms with van der Waals surface area (Å²) < 4.78 is 0. The van der Waals surface area contributed by atoms with Gasteiger partial charge >= 0.3 is 0 Å². The van der Waals surface area contributed by atoms with Crippen molar-refractivity contribution in [1.29, 1.82) is 0 Å². The second-order valence-corrected chi connectivity index (χ2v) is 20.2. The van der Waals surface area contributed by atoms with Gasteiger partial charge in [0.1, 0.15) is 6.10 Å². The SMILES string of the molecule is CCCCCCCCCCCC/C=C/C(O)C(CO)NC(=O)C(O)CCCCCCCCCCCCCCCCCC/C=C\CCCCCCCCCCCCCCCCCCCC. The van der Waals surface area contributed by atoms with Crippen LogP contribution in [0.25, 0.3) is 0 Å². The number of aliphatic hydroxyl groups excluding tert-OH is 3. The lowest BCUT2D eigenvalue weighted by molar-refractivity contribution is -0.131. The van der Waals surface area contributed by atoms with E-state index in [2.05, 4.69) is 31.3 Å². The van der Waals surface area contributed by atoms with Crippen molar-refractivity contribution >= 4 is 5.91 Å². The molecule has 0 aliphatic heterocycles. The molecule has 0 aromatic rings. The van der Waals surface area contributed by atoms with Crippen molar-refractivity contribution in [1.82, 2.24) is 5.32 Å². The highest BCUT2D eigenvalue weighted by Gasteiger charge is 2.22. The van der Waals surface area contributed by atoms with Crippen LogP contribution in [0.1, 0.15) is 322 Å². The minimum absolute atomic E-state index is 0.361. The van der Waals surface area contributed by atoms with Crippen molar-refractivity contribution < 1.29 is 20.1 Å². The summed E-state index contributed by atoms with van der Waals surface area (Å²) >= 11 is 0. The third kappa shape index (κ3) is 48.8. The number of allylic oxidation sites excluding steroid dienone is 3. The number of unbranched alkanes of at least 4 members (excludes halogenated alkanes) is 44. The highest BCUT2D eigenvalue weighted by molar-refractivity contribution is 5.80. The van der Waals surface area contributed by atoms with Crippen LogP contribution in [-0.2, 0) is 4.79 Å². The Hall–Kier alpha value is -1.17. The summed E-state index contributed by atoms with van der Waals surface area (Å²) in [6.07, 6.45) is 70.0. The molecular weight excluding hydrogens is 787 g/mol. The zero-order valence-electron chi connectivity index (χ0n) is 43.4. The molecule has 0 heterocycles. The van der Waals surface area contributed by atoms with Crippen LogP contribution in [0, 0.1) is 0 Å². The molecule has 5 heteroatoms. The zero-order valence-corrected chi connectivity index (χ0v) is 43.4. The largest absolute Gasteiger partial charge is 0.394 e. The Morgan fingerprint density at radius 3 is 0.906 bits per heavy atom. The molecule has 0 saturated carbocycles. The minimum atomic E-state index is -1.10.